The average Bonchev–Trinajstić information content (AvgIpc) is 2.66. The highest BCUT2D eigenvalue weighted by Crippen LogP contribution is 2.33. The zero-order valence-corrected chi connectivity index (χ0v) is 9.95. The van der Waals surface area contributed by atoms with Gasteiger partial charge < -0.3 is 10.6 Å². The van der Waals surface area contributed by atoms with Crippen LogP contribution in [0.2, 0.25) is 0 Å². The Labute approximate surface area is 99.4 Å². The van der Waals surface area contributed by atoms with Crippen molar-refractivity contribution < 1.29 is 18.0 Å². The van der Waals surface area contributed by atoms with Crippen molar-refractivity contribution in [3.63, 3.8) is 0 Å². The van der Waals surface area contributed by atoms with Gasteiger partial charge in [-0.3, -0.25) is 4.79 Å². The summed E-state index contributed by atoms with van der Waals surface area (Å²) in [6.45, 7) is 3.73. The Bertz CT molecular complexity index is 392. The number of hydrogen-bond acceptors (Lipinski definition) is 5. The van der Waals surface area contributed by atoms with E-state index in [4.69, 9.17) is 0 Å². The predicted molar refractivity (Wildman–Crippen MR) is 56.7 cm³/mol. The number of carbonyl (C=O) groups excluding carboxylic acids is 1. The molecule has 0 bridgehead atoms. The third kappa shape index (κ3) is 3.84. The van der Waals surface area contributed by atoms with Crippen LogP contribution in [-0.4, -0.2) is 28.7 Å². The summed E-state index contributed by atoms with van der Waals surface area (Å²) >= 11 is 0.365. The molecule has 1 rings (SSSR count). The number of hydrogen-bond donors (Lipinski definition) is 2. The van der Waals surface area contributed by atoms with Crippen LogP contribution in [0.25, 0.3) is 0 Å². The molecule has 0 spiro atoms. The molecule has 0 saturated carbocycles. The number of rotatable bonds is 4. The van der Waals surface area contributed by atoms with E-state index < -0.39 is 17.2 Å². The lowest BCUT2D eigenvalue weighted by atomic mass is 10.3. The maximum Gasteiger partial charge on any atom is 0.445 e. The monoisotopic (exact) mass is 268 g/mol. The molecular weight excluding hydrogens is 257 g/mol. The topological polar surface area (TPSA) is 66.9 Å². The van der Waals surface area contributed by atoms with Crippen LogP contribution in [0.1, 0.15) is 18.9 Å². The highest BCUT2D eigenvalue weighted by atomic mass is 32.1. The van der Waals surface area contributed by atoms with Gasteiger partial charge in [-0.2, -0.15) is 13.2 Å². The van der Waals surface area contributed by atoms with E-state index in [1.807, 2.05) is 0 Å². The van der Waals surface area contributed by atoms with E-state index in [1.165, 1.54) is 6.92 Å². The molecule has 1 atom stereocenters. The van der Waals surface area contributed by atoms with Gasteiger partial charge in [0.15, 0.2) is 0 Å². The first-order chi connectivity index (χ1) is 7.84. The molecule has 17 heavy (non-hydrogen) atoms. The van der Waals surface area contributed by atoms with E-state index in [1.54, 1.807) is 6.92 Å². The highest BCUT2D eigenvalue weighted by Gasteiger charge is 2.35. The smallest absolute Gasteiger partial charge is 0.355 e. The van der Waals surface area contributed by atoms with Crippen LogP contribution < -0.4 is 10.6 Å². The van der Waals surface area contributed by atoms with E-state index in [2.05, 4.69) is 20.8 Å². The SMILES string of the molecule is CCNC(=O)C(C)Nc1nnc(C(F)(F)F)s1. The highest BCUT2D eigenvalue weighted by molar-refractivity contribution is 7.15. The lowest BCUT2D eigenvalue weighted by molar-refractivity contribution is -0.138. The van der Waals surface area contributed by atoms with Crippen LogP contribution >= 0.6 is 11.3 Å². The number of amides is 1. The van der Waals surface area contributed by atoms with Gasteiger partial charge in [0.1, 0.15) is 6.04 Å². The summed E-state index contributed by atoms with van der Waals surface area (Å²) in [5.74, 6) is -0.309. The molecule has 0 fully saturated rings. The summed E-state index contributed by atoms with van der Waals surface area (Å²) in [6.07, 6.45) is -4.51. The van der Waals surface area contributed by atoms with Crippen LogP contribution in [0.4, 0.5) is 18.3 Å². The molecule has 0 saturated heterocycles. The standard InChI is InChI=1S/C8H11F3N4OS/c1-3-12-5(16)4(2)13-7-15-14-6(17-7)8(9,10)11/h4H,3H2,1-2H3,(H,12,16)(H,13,15). The van der Waals surface area contributed by atoms with Gasteiger partial charge in [-0.15, -0.1) is 10.2 Å². The molecule has 0 aliphatic rings. The minimum absolute atomic E-state index is 0.0314. The Hall–Kier alpha value is -1.38. The Morgan fingerprint density at radius 3 is 2.59 bits per heavy atom. The van der Waals surface area contributed by atoms with Gasteiger partial charge in [0.2, 0.25) is 16.0 Å². The van der Waals surface area contributed by atoms with Crippen molar-refractivity contribution in [3.05, 3.63) is 5.01 Å². The number of likely N-dealkylation sites (N-methyl/N-ethyl adjacent to an activating group) is 1. The summed E-state index contributed by atoms with van der Waals surface area (Å²) in [6, 6.07) is -0.663. The second-order valence-electron chi connectivity index (χ2n) is 3.17. The first kappa shape index (κ1) is 13.7. The lowest BCUT2D eigenvalue weighted by Gasteiger charge is -2.11. The third-order valence-corrected chi connectivity index (χ3v) is 2.65. The summed E-state index contributed by atoms with van der Waals surface area (Å²) in [7, 11) is 0. The van der Waals surface area contributed by atoms with E-state index in [0.717, 1.165) is 0 Å². The van der Waals surface area contributed by atoms with E-state index in [0.29, 0.717) is 17.9 Å². The van der Waals surface area contributed by atoms with Gasteiger partial charge in [-0.1, -0.05) is 11.3 Å². The molecule has 2 N–H and O–H groups in total. The Balaban J connectivity index is 2.64. The van der Waals surface area contributed by atoms with Gasteiger partial charge in [0, 0.05) is 6.54 Å². The lowest BCUT2D eigenvalue weighted by Crippen LogP contribution is -2.37. The van der Waals surface area contributed by atoms with Crippen LogP contribution in [0.5, 0.6) is 0 Å². The molecule has 1 heterocycles. The molecule has 1 aromatic heterocycles. The van der Waals surface area contributed by atoms with Gasteiger partial charge in [-0.05, 0) is 13.8 Å². The summed E-state index contributed by atoms with van der Waals surface area (Å²) in [5.41, 5.74) is 0. The Morgan fingerprint density at radius 2 is 2.12 bits per heavy atom. The molecular formula is C8H11F3N4OS. The maximum atomic E-state index is 12.2. The zero-order chi connectivity index (χ0) is 13.1. The number of halogens is 3. The molecule has 5 nitrogen and oxygen atoms in total. The van der Waals surface area contributed by atoms with Crippen molar-refractivity contribution in [2.45, 2.75) is 26.1 Å². The van der Waals surface area contributed by atoms with Crippen molar-refractivity contribution in [3.8, 4) is 0 Å². The van der Waals surface area contributed by atoms with E-state index in [9.17, 15) is 18.0 Å². The van der Waals surface area contributed by atoms with E-state index >= 15 is 0 Å². The van der Waals surface area contributed by atoms with E-state index in [-0.39, 0.29) is 11.0 Å². The van der Waals surface area contributed by atoms with Crippen LogP contribution in [0.3, 0.4) is 0 Å². The first-order valence-corrected chi connectivity index (χ1v) is 5.61. The van der Waals surface area contributed by atoms with Crippen molar-refractivity contribution in [1.29, 1.82) is 0 Å². The fraction of sp³-hybridized carbons (Fsp3) is 0.625. The molecule has 96 valence electrons. The second-order valence-corrected chi connectivity index (χ2v) is 4.15. The van der Waals surface area contributed by atoms with Crippen LogP contribution in [-0.2, 0) is 11.0 Å². The third-order valence-electron chi connectivity index (χ3n) is 1.75. The fourth-order valence-electron chi connectivity index (χ4n) is 0.974. The van der Waals surface area contributed by atoms with Gasteiger partial charge in [0.25, 0.3) is 0 Å². The van der Waals surface area contributed by atoms with Crippen LogP contribution in [0.15, 0.2) is 0 Å². The fourth-order valence-corrected chi connectivity index (χ4v) is 1.67. The minimum Gasteiger partial charge on any atom is -0.355 e. The summed E-state index contributed by atoms with van der Waals surface area (Å²) in [5, 5.41) is 10.3. The van der Waals surface area contributed by atoms with Crippen molar-refractivity contribution in [2.75, 3.05) is 11.9 Å². The largest absolute Gasteiger partial charge is 0.445 e. The minimum atomic E-state index is -4.51. The normalized spacial score (nSPS) is 13.2. The number of nitrogens with one attached hydrogen (secondary N) is 2. The summed E-state index contributed by atoms with van der Waals surface area (Å²) in [4.78, 5) is 11.3. The number of aromatic nitrogens is 2. The maximum absolute atomic E-state index is 12.2. The molecule has 0 radical (unpaired) electrons. The molecule has 1 unspecified atom stereocenters. The predicted octanol–water partition coefficient (Wildman–Crippen LogP) is 1.49. The quantitative estimate of drug-likeness (QED) is 0.868. The Kier molecular flexibility index (Phi) is 4.27. The van der Waals surface area contributed by atoms with Gasteiger partial charge in [0.05, 0.1) is 0 Å². The summed E-state index contributed by atoms with van der Waals surface area (Å²) < 4.78 is 36.7. The number of alkyl halides is 3. The molecule has 0 aromatic carbocycles. The zero-order valence-electron chi connectivity index (χ0n) is 9.13. The van der Waals surface area contributed by atoms with Crippen molar-refractivity contribution >= 4 is 22.4 Å². The first-order valence-electron chi connectivity index (χ1n) is 4.79. The van der Waals surface area contributed by atoms with Crippen molar-refractivity contribution in [1.82, 2.24) is 15.5 Å². The van der Waals surface area contributed by atoms with Gasteiger partial charge >= 0.3 is 6.18 Å². The number of carbonyl (C=O) groups is 1. The molecule has 9 heteroatoms. The Morgan fingerprint density at radius 1 is 1.47 bits per heavy atom. The second kappa shape index (κ2) is 5.30. The molecule has 1 amide bonds. The van der Waals surface area contributed by atoms with Gasteiger partial charge in [-0.25, -0.2) is 0 Å². The average molecular weight is 268 g/mol. The van der Waals surface area contributed by atoms with Crippen LogP contribution in [0, 0.1) is 0 Å². The molecule has 1 aromatic rings. The molecule has 0 aliphatic heterocycles. The molecule has 0 aliphatic carbocycles. The number of nitrogens with zero attached hydrogens (tertiary/aromatic N) is 2. The van der Waals surface area contributed by atoms with Crippen molar-refractivity contribution in [2.24, 2.45) is 0 Å². The number of anilines is 1.